The number of hydrogen-bond donors (Lipinski definition) is 2. The number of ether oxygens (including phenoxy) is 1. The second-order valence-electron chi connectivity index (χ2n) is 9.82. The Bertz CT molecular complexity index is 1670. The number of nitrogens with zero attached hydrogens (tertiary/aromatic N) is 3. The predicted molar refractivity (Wildman–Crippen MR) is 157 cm³/mol. The molecule has 1 aliphatic rings. The van der Waals surface area contributed by atoms with E-state index in [1.165, 1.54) is 0 Å². The van der Waals surface area contributed by atoms with Gasteiger partial charge in [0.25, 0.3) is 5.91 Å². The molecule has 40 heavy (non-hydrogen) atoms. The van der Waals surface area contributed by atoms with Crippen LogP contribution >= 0.6 is 0 Å². The first-order valence-electron chi connectivity index (χ1n) is 13.4. The molecule has 0 saturated carbocycles. The lowest BCUT2D eigenvalue weighted by molar-refractivity contribution is 0.0721. The number of likely N-dealkylation sites (tertiary alicyclic amines) is 1. The number of anilines is 2. The number of amides is 1. The normalized spacial score (nSPS) is 13.8. The number of aromatic nitrogens is 2. The molecule has 5 rings (SSSR count). The van der Waals surface area contributed by atoms with Crippen molar-refractivity contribution in [1.29, 1.82) is 0 Å². The van der Waals surface area contributed by atoms with Crippen LogP contribution in [0.15, 0.2) is 65.6 Å². The van der Waals surface area contributed by atoms with Crippen molar-refractivity contribution in [3.63, 3.8) is 0 Å². The first-order valence-corrected chi connectivity index (χ1v) is 14.9. The molecule has 1 saturated heterocycles. The zero-order valence-electron chi connectivity index (χ0n) is 22.9. The van der Waals surface area contributed by atoms with E-state index in [0.29, 0.717) is 46.2 Å². The third kappa shape index (κ3) is 5.50. The van der Waals surface area contributed by atoms with E-state index in [-0.39, 0.29) is 10.8 Å². The highest BCUT2D eigenvalue weighted by molar-refractivity contribution is 7.89. The Morgan fingerprint density at radius 3 is 2.45 bits per heavy atom. The second-order valence-corrected chi connectivity index (χ2v) is 11.6. The Hall–Kier alpha value is -4.02. The fourth-order valence-corrected chi connectivity index (χ4v) is 6.38. The van der Waals surface area contributed by atoms with Gasteiger partial charge in [-0.15, -0.1) is 10.2 Å². The first-order chi connectivity index (χ1) is 19.3. The van der Waals surface area contributed by atoms with Gasteiger partial charge < -0.3 is 15.0 Å². The van der Waals surface area contributed by atoms with Crippen LogP contribution in [0.5, 0.6) is 5.75 Å². The molecule has 1 aromatic heterocycles. The molecule has 2 heterocycles. The van der Waals surface area contributed by atoms with E-state index in [0.717, 1.165) is 43.1 Å². The van der Waals surface area contributed by atoms with E-state index in [1.54, 1.807) is 45.2 Å². The average molecular weight is 560 g/mol. The monoisotopic (exact) mass is 559 g/mol. The molecular formula is C30H33N5O4S. The molecule has 0 radical (unpaired) electrons. The summed E-state index contributed by atoms with van der Waals surface area (Å²) in [6.07, 6.45) is 3.15. The minimum Gasteiger partial charge on any atom is -0.496 e. The van der Waals surface area contributed by atoms with Crippen LogP contribution in [-0.4, -0.2) is 56.2 Å². The Morgan fingerprint density at radius 1 is 0.975 bits per heavy atom. The molecule has 0 spiro atoms. The van der Waals surface area contributed by atoms with Crippen LogP contribution in [0.4, 0.5) is 11.5 Å². The molecule has 4 aromatic rings. The van der Waals surface area contributed by atoms with Gasteiger partial charge in [0, 0.05) is 41.7 Å². The van der Waals surface area contributed by atoms with Crippen molar-refractivity contribution in [3.8, 4) is 17.0 Å². The molecule has 0 aliphatic carbocycles. The fraction of sp³-hybridized carbons (Fsp3) is 0.300. The summed E-state index contributed by atoms with van der Waals surface area (Å²) in [5.74, 6) is 0.998. The Balaban J connectivity index is 1.52. The minimum absolute atomic E-state index is 0.0471. The summed E-state index contributed by atoms with van der Waals surface area (Å²) in [5, 5.41) is 13.9. The number of sulfonamides is 1. The molecule has 0 unspecified atom stereocenters. The number of carbonyl (C=O) groups excluding carboxylic acids is 1. The molecule has 0 atom stereocenters. The summed E-state index contributed by atoms with van der Waals surface area (Å²) in [6, 6.07) is 18.4. The van der Waals surface area contributed by atoms with E-state index in [1.807, 2.05) is 41.3 Å². The summed E-state index contributed by atoms with van der Waals surface area (Å²) in [4.78, 5) is 15.4. The fourth-order valence-electron chi connectivity index (χ4n) is 5.07. The quantitative estimate of drug-likeness (QED) is 0.302. The number of hydrogen-bond acceptors (Lipinski definition) is 7. The average Bonchev–Trinajstić information content (AvgIpc) is 2.97. The van der Waals surface area contributed by atoms with E-state index in [4.69, 9.17) is 4.74 Å². The van der Waals surface area contributed by atoms with Crippen molar-refractivity contribution in [3.05, 3.63) is 71.8 Å². The smallest absolute Gasteiger partial charge is 0.257 e. The predicted octanol–water partition coefficient (Wildman–Crippen LogP) is 5.28. The van der Waals surface area contributed by atoms with Crippen molar-refractivity contribution < 1.29 is 17.9 Å². The molecule has 2 N–H and O–H groups in total. The van der Waals surface area contributed by atoms with E-state index in [9.17, 15) is 13.2 Å². The number of carbonyl (C=O) groups is 1. The molecule has 9 nitrogen and oxygen atoms in total. The standard InChI is InChI=1S/C30H33N5O4S/c1-4-31-40(37,38)27-18-21(13-12-20(27)2)28-23-10-6-7-11-24(23)29(34-33-28)32-22-14-15-26(39-3)25(19-22)30(36)35-16-8-5-9-17-35/h6-7,10-15,18-19,31H,4-5,8-9,16-17H2,1-3H3,(H,32,34). The van der Waals surface area contributed by atoms with Gasteiger partial charge >= 0.3 is 0 Å². The maximum atomic E-state index is 13.3. The third-order valence-electron chi connectivity index (χ3n) is 7.11. The van der Waals surface area contributed by atoms with Crippen LogP contribution in [0.1, 0.15) is 42.1 Å². The van der Waals surface area contributed by atoms with Gasteiger partial charge in [-0.05, 0) is 56.0 Å². The molecule has 10 heteroatoms. The van der Waals surface area contributed by atoms with Crippen LogP contribution in [-0.2, 0) is 10.0 Å². The van der Waals surface area contributed by atoms with Crippen LogP contribution in [0.2, 0.25) is 0 Å². The topological polar surface area (TPSA) is 114 Å². The number of methoxy groups -OCH3 is 1. The van der Waals surface area contributed by atoms with Gasteiger partial charge in [-0.3, -0.25) is 4.79 Å². The highest BCUT2D eigenvalue weighted by atomic mass is 32.2. The largest absolute Gasteiger partial charge is 0.496 e. The maximum Gasteiger partial charge on any atom is 0.257 e. The summed E-state index contributed by atoms with van der Waals surface area (Å²) < 4.78 is 33.6. The highest BCUT2D eigenvalue weighted by Gasteiger charge is 2.23. The Kier molecular flexibility index (Phi) is 7.99. The molecule has 1 amide bonds. The van der Waals surface area contributed by atoms with Crippen molar-refractivity contribution in [2.45, 2.75) is 38.0 Å². The number of fused-ring (bicyclic) bond motifs is 1. The third-order valence-corrected chi connectivity index (χ3v) is 8.80. The van der Waals surface area contributed by atoms with E-state index >= 15 is 0 Å². The van der Waals surface area contributed by atoms with Crippen molar-refractivity contribution in [2.24, 2.45) is 0 Å². The minimum atomic E-state index is -3.65. The Labute approximate surface area is 234 Å². The van der Waals surface area contributed by atoms with E-state index < -0.39 is 10.0 Å². The molecule has 208 valence electrons. The summed E-state index contributed by atoms with van der Waals surface area (Å²) in [5.41, 5.74) is 3.05. The highest BCUT2D eigenvalue weighted by Crippen LogP contribution is 2.34. The number of rotatable bonds is 8. The van der Waals surface area contributed by atoms with Gasteiger partial charge in [0.2, 0.25) is 10.0 Å². The van der Waals surface area contributed by atoms with Gasteiger partial charge in [-0.1, -0.05) is 43.3 Å². The van der Waals surface area contributed by atoms with Gasteiger partial charge in [0.15, 0.2) is 5.82 Å². The van der Waals surface area contributed by atoms with Crippen LogP contribution in [0.3, 0.4) is 0 Å². The van der Waals surface area contributed by atoms with Crippen LogP contribution in [0, 0.1) is 6.92 Å². The number of benzene rings is 3. The number of nitrogens with one attached hydrogen (secondary N) is 2. The zero-order valence-corrected chi connectivity index (χ0v) is 23.7. The van der Waals surface area contributed by atoms with Crippen LogP contribution < -0.4 is 14.8 Å². The summed E-state index contributed by atoms with van der Waals surface area (Å²) >= 11 is 0. The second kappa shape index (κ2) is 11.6. The van der Waals surface area contributed by atoms with Crippen molar-refractivity contribution in [2.75, 3.05) is 32.1 Å². The lowest BCUT2D eigenvalue weighted by atomic mass is 10.0. The van der Waals surface area contributed by atoms with Crippen LogP contribution in [0.25, 0.3) is 22.0 Å². The lowest BCUT2D eigenvalue weighted by Crippen LogP contribution is -2.35. The SMILES string of the molecule is CCNS(=O)(=O)c1cc(-c2nnc(Nc3ccc(OC)c(C(=O)N4CCCCC4)c3)c3ccccc23)ccc1C. The van der Waals surface area contributed by atoms with Gasteiger partial charge in [0.1, 0.15) is 11.4 Å². The molecular weight excluding hydrogens is 526 g/mol. The first kappa shape index (κ1) is 27.5. The van der Waals surface area contributed by atoms with Gasteiger partial charge in [-0.2, -0.15) is 0 Å². The molecule has 1 fully saturated rings. The number of aryl methyl sites for hydroxylation is 1. The Morgan fingerprint density at radius 2 is 1.73 bits per heavy atom. The summed E-state index contributed by atoms with van der Waals surface area (Å²) in [7, 11) is -2.09. The van der Waals surface area contributed by atoms with Gasteiger partial charge in [-0.25, -0.2) is 13.1 Å². The summed E-state index contributed by atoms with van der Waals surface area (Å²) in [6.45, 7) is 5.30. The number of piperidine rings is 1. The zero-order chi connectivity index (χ0) is 28.3. The van der Waals surface area contributed by atoms with Crippen molar-refractivity contribution >= 4 is 38.2 Å². The molecule has 1 aliphatic heterocycles. The maximum absolute atomic E-state index is 13.3. The molecule has 0 bridgehead atoms. The van der Waals surface area contributed by atoms with Gasteiger partial charge in [0.05, 0.1) is 17.6 Å². The molecule has 3 aromatic carbocycles. The van der Waals surface area contributed by atoms with Crippen molar-refractivity contribution in [1.82, 2.24) is 19.8 Å². The van der Waals surface area contributed by atoms with E-state index in [2.05, 4.69) is 20.2 Å². The lowest BCUT2D eigenvalue weighted by Gasteiger charge is -2.27.